The van der Waals surface area contributed by atoms with Crippen LogP contribution in [0.1, 0.15) is 47.9 Å². The summed E-state index contributed by atoms with van der Waals surface area (Å²) in [5.74, 6) is -0.486. The molecule has 0 saturated heterocycles. The molecule has 2 aliphatic carbocycles. The number of aromatic nitrogens is 5. The summed E-state index contributed by atoms with van der Waals surface area (Å²) >= 11 is 0. The van der Waals surface area contributed by atoms with Crippen LogP contribution >= 0.6 is 0 Å². The van der Waals surface area contributed by atoms with Gasteiger partial charge < -0.3 is 9.88 Å². The number of amides is 1. The molecular weight excluding hydrogens is 489 g/mol. The van der Waals surface area contributed by atoms with Crippen LogP contribution in [0.25, 0.3) is 16.9 Å². The minimum atomic E-state index is -4.50. The second kappa shape index (κ2) is 7.17. The number of benzene rings is 1. The predicted octanol–water partition coefficient (Wildman–Crippen LogP) is 2.98. The van der Waals surface area contributed by atoms with E-state index >= 15 is 0 Å². The number of alkyl halides is 3. The van der Waals surface area contributed by atoms with Crippen LogP contribution in [0.4, 0.5) is 18.9 Å². The maximum Gasteiger partial charge on any atom is 0.406 e. The van der Waals surface area contributed by atoms with E-state index in [-0.39, 0.29) is 17.4 Å². The predicted molar refractivity (Wildman–Crippen MR) is 126 cm³/mol. The van der Waals surface area contributed by atoms with Gasteiger partial charge in [-0.15, -0.1) is 0 Å². The molecule has 2 saturated carbocycles. The van der Waals surface area contributed by atoms with Crippen LogP contribution in [0.3, 0.4) is 0 Å². The first-order chi connectivity index (χ1) is 17.6. The molecule has 0 bridgehead atoms. The number of H-pyrrole nitrogens is 2. The lowest BCUT2D eigenvalue weighted by Gasteiger charge is -2.20. The van der Waals surface area contributed by atoms with Crippen molar-refractivity contribution in [2.45, 2.75) is 42.7 Å². The summed E-state index contributed by atoms with van der Waals surface area (Å²) in [5, 5.41) is 4.36. The molecule has 3 aliphatic rings. The fourth-order valence-electron chi connectivity index (χ4n) is 5.66. The third kappa shape index (κ3) is 3.35. The Bertz CT molecular complexity index is 1730. The molecule has 37 heavy (non-hydrogen) atoms. The number of carbonyl (C=O) groups is 1. The summed E-state index contributed by atoms with van der Waals surface area (Å²) in [7, 11) is 0. The molecule has 12 heteroatoms. The Labute approximate surface area is 206 Å². The lowest BCUT2D eigenvalue weighted by Crippen LogP contribution is -2.39. The number of nitrogens with one attached hydrogen (secondary N) is 2. The first-order valence-corrected chi connectivity index (χ1v) is 11.8. The number of rotatable bonds is 4. The average Bonchev–Trinajstić information content (AvgIpc) is 3.75. The van der Waals surface area contributed by atoms with E-state index in [0.29, 0.717) is 35.4 Å². The minimum Gasteiger partial charge on any atom is -0.313 e. The van der Waals surface area contributed by atoms with Crippen LogP contribution in [0, 0.1) is 0 Å². The third-order valence-electron chi connectivity index (χ3n) is 7.65. The lowest BCUT2D eigenvalue weighted by molar-refractivity contribution is -0.132. The van der Waals surface area contributed by atoms with Crippen molar-refractivity contribution >= 4 is 17.2 Å². The van der Waals surface area contributed by atoms with Gasteiger partial charge in [0.05, 0.1) is 28.6 Å². The lowest BCUT2D eigenvalue weighted by atomic mass is 9.95. The largest absolute Gasteiger partial charge is 0.406 e. The molecule has 1 spiro atoms. The van der Waals surface area contributed by atoms with Crippen LogP contribution < -0.4 is 16.1 Å². The van der Waals surface area contributed by atoms with E-state index in [2.05, 4.69) is 20.1 Å². The Hall–Kier alpha value is -4.22. The van der Waals surface area contributed by atoms with Gasteiger partial charge in [0.1, 0.15) is 6.54 Å². The molecule has 3 aromatic heterocycles. The van der Waals surface area contributed by atoms with Crippen molar-refractivity contribution in [2.24, 2.45) is 0 Å². The Kier molecular flexibility index (Phi) is 4.27. The molecule has 2 N–H and O–H groups in total. The number of halogens is 3. The van der Waals surface area contributed by atoms with E-state index in [9.17, 15) is 27.6 Å². The Morgan fingerprint density at radius 3 is 2.62 bits per heavy atom. The second-order valence-electron chi connectivity index (χ2n) is 9.97. The molecule has 188 valence electrons. The fraction of sp³-hybridized carbons (Fsp3) is 0.320. The number of aromatic amines is 2. The smallest absolute Gasteiger partial charge is 0.313 e. The van der Waals surface area contributed by atoms with Gasteiger partial charge >= 0.3 is 11.9 Å². The van der Waals surface area contributed by atoms with E-state index in [1.807, 2.05) is 12.1 Å². The van der Waals surface area contributed by atoms with Crippen molar-refractivity contribution in [1.82, 2.24) is 24.6 Å². The first kappa shape index (κ1) is 22.0. The summed E-state index contributed by atoms with van der Waals surface area (Å²) in [6.07, 6.45) is 0.265. The molecule has 1 aromatic carbocycles. The summed E-state index contributed by atoms with van der Waals surface area (Å²) in [4.78, 5) is 46.7. The third-order valence-corrected chi connectivity index (χ3v) is 7.65. The minimum absolute atomic E-state index is 0.000376. The standard InChI is InChI=1S/C25H19F3N6O3/c26-25(27,28)11-33-19-7-12(1-2-16(19)24(4-5-24)22(33)36)13-8-14(13)18-9-17(31-20-3-6-30-34(18)20)15-10-29-23(37)32-21(15)35/h1-3,6-7,9-10,13-14H,4-5,8,11H2,(H2,29,32,35,37)/t13-,14+/m1/s1. The van der Waals surface area contributed by atoms with Gasteiger partial charge in [-0.2, -0.15) is 18.3 Å². The van der Waals surface area contributed by atoms with Crippen molar-refractivity contribution < 1.29 is 18.0 Å². The van der Waals surface area contributed by atoms with E-state index in [4.69, 9.17) is 0 Å². The van der Waals surface area contributed by atoms with Gasteiger partial charge in [-0.1, -0.05) is 12.1 Å². The quantitative estimate of drug-likeness (QED) is 0.440. The molecular formula is C25H19F3N6O3. The van der Waals surface area contributed by atoms with Crippen molar-refractivity contribution in [3.63, 3.8) is 0 Å². The molecule has 7 rings (SSSR count). The topological polar surface area (TPSA) is 116 Å². The molecule has 2 atom stereocenters. The van der Waals surface area contributed by atoms with Gasteiger partial charge in [-0.05, 0) is 48.4 Å². The zero-order chi connectivity index (χ0) is 25.7. The normalized spacial score (nSPS) is 21.6. The summed E-state index contributed by atoms with van der Waals surface area (Å²) in [5.41, 5.74) is 1.79. The molecule has 2 fully saturated rings. The number of anilines is 1. The van der Waals surface area contributed by atoms with Crippen molar-refractivity contribution in [1.29, 1.82) is 0 Å². The van der Waals surface area contributed by atoms with Gasteiger partial charge in [-0.3, -0.25) is 14.6 Å². The van der Waals surface area contributed by atoms with Gasteiger partial charge in [0.2, 0.25) is 5.91 Å². The molecule has 4 heterocycles. The second-order valence-corrected chi connectivity index (χ2v) is 9.97. The maximum atomic E-state index is 13.3. The van der Waals surface area contributed by atoms with Crippen LogP contribution in [-0.4, -0.2) is 43.2 Å². The number of hydrogen-bond acceptors (Lipinski definition) is 5. The van der Waals surface area contributed by atoms with Crippen LogP contribution in [0.5, 0.6) is 0 Å². The summed E-state index contributed by atoms with van der Waals surface area (Å²) in [6, 6.07) is 8.90. The molecule has 1 aliphatic heterocycles. The molecule has 0 unspecified atom stereocenters. The maximum absolute atomic E-state index is 13.3. The SMILES string of the molecule is O=C1N(CC(F)(F)F)c2cc([C@H]3C[C@@H]3c3cc(-c4c[nH]c(=O)[nH]c4=O)nc4ccnn34)ccc2C12CC2. The fourth-order valence-corrected chi connectivity index (χ4v) is 5.66. The van der Waals surface area contributed by atoms with E-state index in [1.165, 1.54) is 6.20 Å². The van der Waals surface area contributed by atoms with Crippen molar-refractivity contribution in [3.8, 4) is 11.3 Å². The summed E-state index contributed by atoms with van der Waals surface area (Å²) in [6.45, 7) is -1.30. The number of hydrogen-bond donors (Lipinski definition) is 2. The van der Waals surface area contributed by atoms with Crippen LogP contribution in [-0.2, 0) is 10.2 Å². The van der Waals surface area contributed by atoms with E-state index in [0.717, 1.165) is 22.6 Å². The Morgan fingerprint density at radius 2 is 1.89 bits per heavy atom. The van der Waals surface area contributed by atoms with Gasteiger partial charge in [0.15, 0.2) is 5.65 Å². The number of nitrogens with zero attached hydrogens (tertiary/aromatic N) is 4. The van der Waals surface area contributed by atoms with Crippen LogP contribution in [0.15, 0.2) is 52.3 Å². The Morgan fingerprint density at radius 1 is 1.08 bits per heavy atom. The first-order valence-electron chi connectivity index (χ1n) is 11.8. The van der Waals surface area contributed by atoms with E-state index in [1.54, 1.807) is 28.9 Å². The highest BCUT2D eigenvalue weighted by Gasteiger charge is 2.60. The monoisotopic (exact) mass is 508 g/mol. The highest BCUT2D eigenvalue weighted by atomic mass is 19.4. The summed E-state index contributed by atoms with van der Waals surface area (Å²) < 4.78 is 41.6. The van der Waals surface area contributed by atoms with Gasteiger partial charge in [0.25, 0.3) is 5.56 Å². The van der Waals surface area contributed by atoms with Crippen molar-refractivity contribution in [2.75, 3.05) is 11.4 Å². The zero-order valence-electron chi connectivity index (χ0n) is 19.2. The van der Waals surface area contributed by atoms with E-state index < -0.39 is 35.3 Å². The molecule has 1 amide bonds. The molecule has 4 aromatic rings. The van der Waals surface area contributed by atoms with Gasteiger partial charge in [-0.25, -0.2) is 14.3 Å². The number of fused-ring (bicyclic) bond motifs is 3. The highest BCUT2D eigenvalue weighted by Crippen LogP contribution is 2.60. The highest BCUT2D eigenvalue weighted by molar-refractivity contribution is 6.10. The Balaban J connectivity index is 1.26. The zero-order valence-corrected chi connectivity index (χ0v) is 19.2. The van der Waals surface area contributed by atoms with Crippen molar-refractivity contribution in [3.05, 3.63) is 80.4 Å². The molecule has 0 radical (unpaired) electrons. The molecule has 9 nitrogen and oxygen atoms in total. The van der Waals surface area contributed by atoms with Gasteiger partial charge in [0, 0.05) is 23.9 Å². The van der Waals surface area contributed by atoms with Crippen LogP contribution in [0.2, 0.25) is 0 Å². The average molecular weight is 508 g/mol. The number of carbonyl (C=O) groups excluding carboxylic acids is 1.